The van der Waals surface area contributed by atoms with Gasteiger partial charge in [-0.1, -0.05) is 32.9 Å². The largest absolute Gasteiger partial charge is 0.351 e. The molecule has 3 aliphatic rings. The number of pyridine rings is 2. The van der Waals surface area contributed by atoms with Gasteiger partial charge in [0, 0.05) is 66.7 Å². The van der Waals surface area contributed by atoms with Gasteiger partial charge in [-0.2, -0.15) is 0 Å². The molecular weight excluding hydrogens is 538 g/mol. The van der Waals surface area contributed by atoms with Gasteiger partial charge >= 0.3 is 0 Å². The Morgan fingerprint density at radius 2 is 1.88 bits per heavy atom. The van der Waals surface area contributed by atoms with Gasteiger partial charge in [0.1, 0.15) is 11.4 Å². The number of nitrogens with zero attached hydrogens (tertiary/aromatic N) is 4. The second-order valence-electron chi connectivity index (χ2n) is 13.1. The SMILES string of the molecule is CCc1ccc(-c2cc(Nc3ccnc(C4CC4)c3)c(=O)n(C)c2)c(C=O)c1N1CCn2c(cc3c2CC(C)(C)C3)C1=O. The number of aldehydes is 1. The molecule has 3 aromatic heterocycles. The van der Waals surface area contributed by atoms with Crippen molar-refractivity contribution in [1.82, 2.24) is 14.1 Å². The minimum atomic E-state index is -0.171. The maximum Gasteiger partial charge on any atom is 0.274 e. The van der Waals surface area contributed by atoms with Crippen LogP contribution in [0, 0.1) is 5.41 Å². The molecule has 8 heteroatoms. The molecule has 4 heterocycles. The van der Waals surface area contributed by atoms with Gasteiger partial charge in [-0.3, -0.25) is 19.4 Å². The van der Waals surface area contributed by atoms with Crippen LogP contribution in [0.5, 0.6) is 0 Å². The van der Waals surface area contributed by atoms with Crippen molar-refractivity contribution in [2.24, 2.45) is 12.5 Å². The number of fused-ring (bicyclic) bond motifs is 3. The van der Waals surface area contributed by atoms with Gasteiger partial charge in [0.25, 0.3) is 11.5 Å². The average Bonchev–Trinajstić information content (AvgIpc) is 3.72. The van der Waals surface area contributed by atoms with Gasteiger partial charge in [0.05, 0.1) is 5.69 Å². The maximum atomic E-state index is 14.0. The molecule has 0 radical (unpaired) electrons. The highest BCUT2D eigenvalue weighted by Gasteiger charge is 2.37. The third-order valence-electron chi connectivity index (χ3n) is 9.24. The van der Waals surface area contributed by atoms with E-state index in [1.54, 1.807) is 30.4 Å². The molecule has 0 saturated heterocycles. The van der Waals surface area contributed by atoms with Crippen molar-refractivity contribution in [2.45, 2.75) is 65.3 Å². The van der Waals surface area contributed by atoms with E-state index in [1.165, 1.54) is 15.8 Å². The van der Waals surface area contributed by atoms with Crippen molar-refractivity contribution < 1.29 is 9.59 Å². The van der Waals surface area contributed by atoms with Crippen LogP contribution in [-0.2, 0) is 32.9 Å². The first kappa shape index (κ1) is 27.4. The van der Waals surface area contributed by atoms with E-state index in [1.807, 2.05) is 31.2 Å². The third kappa shape index (κ3) is 4.69. The molecule has 1 aliphatic heterocycles. The Morgan fingerprint density at radius 3 is 2.63 bits per heavy atom. The van der Waals surface area contributed by atoms with Gasteiger partial charge in [-0.25, -0.2) is 0 Å². The molecule has 1 saturated carbocycles. The van der Waals surface area contributed by atoms with E-state index in [4.69, 9.17) is 0 Å². The van der Waals surface area contributed by atoms with E-state index >= 15 is 0 Å². The van der Waals surface area contributed by atoms with E-state index in [0.717, 1.165) is 54.5 Å². The molecule has 0 bridgehead atoms. The minimum Gasteiger partial charge on any atom is -0.351 e. The topological polar surface area (TPSA) is 89.2 Å². The lowest BCUT2D eigenvalue weighted by atomic mass is 9.90. The quantitative estimate of drug-likeness (QED) is 0.272. The van der Waals surface area contributed by atoms with Crippen LogP contribution in [0.1, 0.15) is 82.9 Å². The zero-order valence-corrected chi connectivity index (χ0v) is 25.2. The Kier molecular flexibility index (Phi) is 6.41. The summed E-state index contributed by atoms with van der Waals surface area (Å²) in [7, 11) is 1.71. The molecule has 43 heavy (non-hydrogen) atoms. The van der Waals surface area contributed by atoms with E-state index < -0.39 is 0 Å². The van der Waals surface area contributed by atoms with Crippen molar-refractivity contribution in [1.29, 1.82) is 0 Å². The summed E-state index contributed by atoms with van der Waals surface area (Å²) in [4.78, 5) is 46.4. The van der Waals surface area contributed by atoms with Crippen LogP contribution in [-0.4, -0.2) is 32.9 Å². The van der Waals surface area contributed by atoms with Crippen molar-refractivity contribution >= 4 is 29.3 Å². The van der Waals surface area contributed by atoms with Crippen LogP contribution in [0.25, 0.3) is 11.1 Å². The number of rotatable bonds is 7. The fourth-order valence-corrected chi connectivity index (χ4v) is 6.98. The number of carbonyl (C=O) groups is 2. The number of aromatic nitrogens is 3. The fraction of sp³-hybridized carbons (Fsp3) is 0.371. The molecular formula is C35H37N5O3. The van der Waals surface area contributed by atoms with E-state index in [2.05, 4.69) is 34.8 Å². The number of benzene rings is 1. The highest BCUT2D eigenvalue weighted by molar-refractivity contribution is 6.10. The number of carbonyl (C=O) groups excluding carboxylic acids is 2. The standard InChI is InChI=1S/C35H37N5O3/c1-5-21-8-9-26(24-14-29(33(42)38(4)19-24)37-25-10-11-36-28(16-25)22-6-7-22)27(20-41)32(21)40-13-12-39-30(34(40)43)15-23-17-35(2,3)18-31(23)39/h8-11,14-16,19-20,22H,5-7,12-13,17-18H2,1-4H3,(H,36,37). The zero-order valence-electron chi connectivity index (χ0n) is 25.2. The molecule has 4 aromatic rings. The summed E-state index contributed by atoms with van der Waals surface area (Å²) in [5, 5.41) is 3.30. The summed E-state index contributed by atoms with van der Waals surface area (Å²) in [6.07, 6.45) is 9.28. The summed E-state index contributed by atoms with van der Waals surface area (Å²) in [6.45, 7) is 7.78. The lowest BCUT2D eigenvalue weighted by molar-refractivity contribution is 0.0964. The van der Waals surface area contributed by atoms with Gasteiger partial charge < -0.3 is 19.4 Å². The van der Waals surface area contributed by atoms with Crippen LogP contribution < -0.4 is 15.8 Å². The van der Waals surface area contributed by atoms with Crippen molar-refractivity contribution in [3.05, 3.63) is 92.9 Å². The second kappa shape index (κ2) is 10.1. The first-order chi connectivity index (χ1) is 20.7. The predicted molar refractivity (Wildman–Crippen MR) is 169 cm³/mol. The lowest BCUT2D eigenvalue weighted by Gasteiger charge is -2.32. The zero-order chi connectivity index (χ0) is 30.0. The summed E-state index contributed by atoms with van der Waals surface area (Å²) < 4.78 is 3.72. The summed E-state index contributed by atoms with van der Waals surface area (Å²) in [6, 6.07) is 11.7. The van der Waals surface area contributed by atoms with Crippen molar-refractivity contribution in [2.75, 3.05) is 16.8 Å². The fourth-order valence-electron chi connectivity index (χ4n) is 6.98. The van der Waals surface area contributed by atoms with Crippen molar-refractivity contribution in [3.8, 4) is 11.1 Å². The molecule has 0 unspecified atom stereocenters. The second-order valence-corrected chi connectivity index (χ2v) is 13.1. The summed E-state index contributed by atoms with van der Waals surface area (Å²) >= 11 is 0. The van der Waals surface area contributed by atoms with Crippen LogP contribution in [0.15, 0.2) is 53.6 Å². The lowest BCUT2D eigenvalue weighted by Crippen LogP contribution is -2.41. The van der Waals surface area contributed by atoms with Gasteiger partial charge in [-0.05, 0) is 78.5 Å². The number of hydrogen-bond donors (Lipinski definition) is 1. The van der Waals surface area contributed by atoms with Crippen LogP contribution in [0.3, 0.4) is 0 Å². The highest BCUT2D eigenvalue weighted by Crippen LogP contribution is 2.42. The maximum absolute atomic E-state index is 14.0. The van der Waals surface area contributed by atoms with E-state index in [-0.39, 0.29) is 16.9 Å². The molecule has 8 nitrogen and oxygen atoms in total. The van der Waals surface area contributed by atoms with Gasteiger partial charge in [-0.15, -0.1) is 0 Å². The third-order valence-corrected chi connectivity index (χ3v) is 9.24. The number of hydrogen-bond acceptors (Lipinski definition) is 5. The highest BCUT2D eigenvalue weighted by atomic mass is 16.2. The normalized spacial score (nSPS) is 17.1. The Morgan fingerprint density at radius 1 is 1.07 bits per heavy atom. The molecule has 7 rings (SSSR count). The Balaban J connectivity index is 1.28. The van der Waals surface area contributed by atoms with Crippen LogP contribution in [0.2, 0.25) is 0 Å². The molecule has 1 fully saturated rings. The molecule has 220 valence electrons. The smallest absolute Gasteiger partial charge is 0.274 e. The van der Waals surface area contributed by atoms with Gasteiger partial charge in [0.2, 0.25) is 0 Å². The molecule has 1 N–H and O–H groups in total. The Hall–Kier alpha value is -4.46. The molecule has 0 spiro atoms. The van der Waals surface area contributed by atoms with Crippen LogP contribution in [0.4, 0.5) is 17.1 Å². The number of nitrogens with one attached hydrogen (secondary N) is 1. The number of anilines is 3. The van der Waals surface area contributed by atoms with Crippen LogP contribution >= 0.6 is 0 Å². The molecule has 0 atom stereocenters. The Bertz CT molecular complexity index is 1860. The monoisotopic (exact) mass is 575 g/mol. The average molecular weight is 576 g/mol. The predicted octanol–water partition coefficient (Wildman–Crippen LogP) is 6.03. The summed E-state index contributed by atoms with van der Waals surface area (Å²) in [5.74, 6) is 0.426. The molecule has 1 amide bonds. The Labute approximate surface area is 251 Å². The summed E-state index contributed by atoms with van der Waals surface area (Å²) in [5.41, 5.74) is 9.02. The van der Waals surface area contributed by atoms with Crippen molar-refractivity contribution in [3.63, 3.8) is 0 Å². The first-order valence-electron chi connectivity index (χ1n) is 15.3. The number of aryl methyl sites for hydroxylation is 2. The molecule has 2 aliphatic carbocycles. The minimum absolute atomic E-state index is 0.0691. The van der Waals surface area contributed by atoms with E-state index in [0.29, 0.717) is 53.6 Å². The van der Waals surface area contributed by atoms with E-state index in [9.17, 15) is 14.4 Å². The first-order valence-corrected chi connectivity index (χ1v) is 15.3. The molecule has 1 aromatic carbocycles. The number of amides is 1. The van der Waals surface area contributed by atoms with Gasteiger partial charge in [0.15, 0.2) is 6.29 Å².